The zero-order valence-corrected chi connectivity index (χ0v) is 16.4. The zero-order chi connectivity index (χ0) is 20.3. The Balaban J connectivity index is 0.00000110. The molecule has 2 amide bonds. The Morgan fingerprint density at radius 1 is 1.19 bits per heavy atom. The fraction of sp³-hybridized carbons (Fsp3) is 0.357. The molecule has 0 spiro atoms. The van der Waals surface area contributed by atoms with Crippen molar-refractivity contribution in [2.45, 2.75) is 0 Å². The molecule has 146 valence electrons. The third-order valence-electron chi connectivity index (χ3n) is 2.31. The number of carbonyl (C=O) groups excluding carboxylic acids is 2. The van der Waals surface area contributed by atoms with Crippen molar-refractivity contribution in [3.8, 4) is 0 Å². The van der Waals surface area contributed by atoms with Crippen molar-refractivity contribution in [3.63, 3.8) is 0 Å². The van der Waals surface area contributed by atoms with Gasteiger partial charge in [0.1, 0.15) is 0 Å². The number of carbonyl (C=O) groups is 2. The second kappa shape index (κ2) is 11.4. The average molecular weight is 406 g/mol. The van der Waals surface area contributed by atoms with Crippen LogP contribution in [0.3, 0.4) is 0 Å². The minimum Gasteiger partial charge on any atom is -0.453 e. The van der Waals surface area contributed by atoms with Crippen LogP contribution in [0, 0.1) is 0 Å². The van der Waals surface area contributed by atoms with Crippen LogP contribution in [0.1, 0.15) is 0 Å². The number of thiocarbonyl (C=S) groups is 1. The molecule has 0 radical (unpaired) electrons. The minimum atomic E-state index is -3.67. The molecule has 0 atom stereocenters. The number of methoxy groups -OCH3 is 1. The average Bonchev–Trinajstić information content (AvgIpc) is 2.46. The van der Waals surface area contributed by atoms with Crippen LogP contribution >= 0.6 is 12.2 Å². The number of amides is 2. The fourth-order valence-corrected chi connectivity index (χ4v) is 1.67. The number of benzene rings is 1. The molecule has 0 aliphatic rings. The molecule has 1 aromatic rings. The molecule has 0 saturated heterocycles. The maximum absolute atomic E-state index is 11.8. The lowest BCUT2D eigenvalue weighted by Crippen LogP contribution is -2.34. The molecule has 12 heteroatoms. The molecule has 0 heterocycles. The van der Waals surface area contributed by atoms with E-state index in [1.807, 2.05) is 0 Å². The first-order valence-corrected chi connectivity index (χ1v) is 9.30. The van der Waals surface area contributed by atoms with E-state index in [9.17, 15) is 18.0 Å². The van der Waals surface area contributed by atoms with Gasteiger partial charge in [0.25, 0.3) is 10.1 Å². The quantitative estimate of drug-likeness (QED) is 0.421. The molecule has 0 unspecified atom stereocenters. The number of para-hydroxylation sites is 2. The first kappa shape index (κ1) is 23.7. The number of anilines is 2. The van der Waals surface area contributed by atoms with Gasteiger partial charge < -0.3 is 20.3 Å². The standard InChI is InChI=1S/C13H18N4O3S.CH4O3S/c1-17(2)8-11(18)14-9-6-4-5-7-10(9)15-12(21)16-13(19)20-3;1-5(2,3)4/h4-7H,8H2,1-3H3,(H,14,18)(H2,15,16,19,21);1H3,(H,2,3,4). The number of nitrogens with zero attached hydrogens (tertiary/aromatic N) is 1. The molecule has 10 nitrogen and oxygen atoms in total. The van der Waals surface area contributed by atoms with E-state index in [1.165, 1.54) is 7.11 Å². The van der Waals surface area contributed by atoms with Crippen molar-refractivity contribution in [2.24, 2.45) is 0 Å². The second-order valence-electron chi connectivity index (χ2n) is 5.14. The van der Waals surface area contributed by atoms with E-state index >= 15 is 0 Å². The van der Waals surface area contributed by atoms with Crippen LogP contribution in [0.15, 0.2) is 24.3 Å². The van der Waals surface area contributed by atoms with E-state index in [1.54, 1.807) is 43.3 Å². The van der Waals surface area contributed by atoms with Gasteiger partial charge in [-0.1, -0.05) is 12.1 Å². The minimum absolute atomic E-state index is 0.0798. The Hall–Kier alpha value is -2.28. The van der Waals surface area contributed by atoms with E-state index in [-0.39, 0.29) is 17.6 Å². The summed E-state index contributed by atoms with van der Waals surface area (Å²) in [4.78, 5) is 24.6. The van der Waals surface area contributed by atoms with Crippen molar-refractivity contribution in [1.29, 1.82) is 0 Å². The molecule has 0 aliphatic carbocycles. The van der Waals surface area contributed by atoms with Crippen molar-refractivity contribution in [3.05, 3.63) is 24.3 Å². The summed E-state index contributed by atoms with van der Waals surface area (Å²) in [6, 6.07) is 7.03. The third-order valence-corrected chi connectivity index (χ3v) is 2.51. The summed E-state index contributed by atoms with van der Waals surface area (Å²) in [5.41, 5.74) is 1.14. The summed E-state index contributed by atoms with van der Waals surface area (Å²) in [5, 5.41) is 8.00. The van der Waals surface area contributed by atoms with Crippen molar-refractivity contribution < 1.29 is 27.3 Å². The normalized spacial score (nSPS) is 10.2. The molecule has 0 fully saturated rings. The summed E-state index contributed by atoms with van der Waals surface area (Å²) in [6.45, 7) is 0.263. The van der Waals surface area contributed by atoms with Gasteiger partial charge in [-0.25, -0.2) is 4.79 Å². The number of ether oxygens (including phenoxy) is 1. The first-order chi connectivity index (χ1) is 11.9. The Morgan fingerprint density at radius 3 is 2.08 bits per heavy atom. The van der Waals surface area contributed by atoms with Crippen LogP contribution in [0.25, 0.3) is 0 Å². The van der Waals surface area contributed by atoms with E-state index in [0.717, 1.165) is 0 Å². The number of hydrogen-bond donors (Lipinski definition) is 4. The number of hydrogen-bond acceptors (Lipinski definition) is 7. The van der Waals surface area contributed by atoms with Crippen LogP contribution in [-0.2, 0) is 19.6 Å². The monoisotopic (exact) mass is 406 g/mol. The van der Waals surface area contributed by atoms with Crippen LogP contribution in [0.5, 0.6) is 0 Å². The van der Waals surface area contributed by atoms with Crippen molar-refractivity contribution in [1.82, 2.24) is 10.2 Å². The number of likely N-dealkylation sites (N-methyl/N-ethyl adjacent to an activating group) is 1. The number of nitrogens with one attached hydrogen (secondary N) is 3. The molecule has 0 saturated carbocycles. The Bertz CT molecular complexity index is 729. The SMILES string of the molecule is COC(=O)NC(=S)Nc1ccccc1NC(=O)CN(C)C.CS(=O)(=O)O. The fourth-order valence-electron chi connectivity index (χ4n) is 1.48. The van der Waals surface area contributed by atoms with Gasteiger partial charge in [0.15, 0.2) is 5.11 Å². The number of alkyl carbamates (subject to hydrolysis) is 1. The smallest absolute Gasteiger partial charge is 0.413 e. The predicted octanol–water partition coefficient (Wildman–Crippen LogP) is 0.744. The van der Waals surface area contributed by atoms with Crippen LogP contribution in [0.4, 0.5) is 16.2 Å². The summed E-state index contributed by atoms with van der Waals surface area (Å²) in [6.07, 6.45) is 0.0501. The van der Waals surface area contributed by atoms with Gasteiger partial charge in [0.2, 0.25) is 5.91 Å². The molecule has 4 N–H and O–H groups in total. The summed E-state index contributed by atoms with van der Waals surface area (Å²) < 4.78 is 30.3. The molecular weight excluding hydrogens is 384 g/mol. The molecule has 0 aliphatic heterocycles. The van der Waals surface area contributed by atoms with Gasteiger partial charge >= 0.3 is 6.09 Å². The molecule has 0 aromatic heterocycles. The van der Waals surface area contributed by atoms with E-state index < -0.39 is 16.2 Å². The number of rotatable bonds is 4. The lowest BCUT2D eigenvalue weighted by molar-refractivity contribution is -0.116. The van der Waals surface area contributed by atoms with Crippen LogP contribution in [0.2, 0.25) is 0 Å². The summed E-state index contributed by atoms with van der Waals surface area (Å²) >= 11 is 4.98. The van der Waals surface area contributed by atoms with Gasteiger partial charge in [0.05, 0.1) is 31.3 Å². The largest absolute Gasteiger partial charge is 0.453 e. The van der Waals surface area contributed by atoms with Crippen LogP contribution < -0.4 is 16.0 Å². The Labute approximate surface area is 157 Å². The Morgan fingerprint density at radius 2 is 1.65 bits per heavy atom. The molecule has 1 aromatic carbocycles. The molecule has 0 bridgehead atoms. The predicted molar refractivity (Wildman–Crippen MR) is 103 cm³/mol. The first-order valence-electron chi connectivity index (χ1n) is 7.04. The molecule has 1 rings (SSSR count). The highest BCUT2D eigenvalue weighted by atomic mass is 32.2. The van der Waals surface area contributed by atoms with E-state index in [4.69, 9.17) is 16.8 Å². The van der Waals surface area contributed by atoms with Gasteiger partial charge in [-0.2, -0.15) is 8.42 Å². The van der Waals surface area contributed by atoms with Gasteiger partial charge in [0, 0.05) is 0 Å². The van der Waals surface area contributed by atoms with E-state index in [0.29, 0.717) is 17.6 Å². The van der Waals surface area contributed by atoms with Gasteiger partial charge in [-0.15, -0.1) is 0 Å². The third kappa shape index (κ3) is 13.1. The van der Waals surface area contributed by atoms with Crippen molar-refractivity contribution in [2.75, 3.05) is 44.6 Å². The summed E-state index contributed by atoms with van der Waals surface area (Å²) in [7, 11) is 1.19. The molecular formula is C14H22N4O6S2. The van der Waals surface area contributed by atoms with Crippen LogP contribution in [-0.4, -0.2) is 69.0 Å². The maximum Gasteiger partial charge on any atom is 0.413 e. The van der Waals surface area contributed by atoms with E-state index in [2.05, 4.69) is 20.7 Å². The lowest BCUT2D eigenvalue weighted by atomic mass is 10.2. The lowest BCUT2D eigenvalue weighted by Gasteiger charge is -2.15. The molecule has 26 heavy (non-hydrogen) atoms. The van der Waals surface area contributed by atoms with Gasteiger partial charge in [-0.3, -0.25) is 14.7 Å². The Kier molecular flexibility index (Phi) is 10.4. The topological polar surface area (TPSA) is 137 Å². The zero-order valence-electron chi connectivity index (χ0n) is 14.8. The summed E-state index contributed by atoms with van der Waals surface area (Å²) in [5.74, 6) is -0.152. The highest BCUT2D eigenvalue weighted by Crippen LogP contribution is 2.20. The highest BCUT2D eigenvalue weighted by Gasteiger charge is 2.09. The highest BCUT2D eigenvalue weighted by molar-refractivity contribution is 7.85. The van der Waals surface area contributed by atoms with Crippen molar-refractivity contribution >= 4 is 50.8 Å². The maximum atomic E-state index is 11.8. The van der Waals surface area contributed by atoms with Gasteiger partial charge in [-0.05, 0) is 38.4 Å². The second-order valence-corrected chi connectivity index (χ2v) is 7.01.